The van der Waals surface area contributed by atoms with E-state index in [-0.39, 0.29) is 5.41 Å². The van der Waals surface area contributed by atoms with Crippen molar-refractivity contribution >= 4 is 11.5 Å². The van der Waals surface area contributed by atoms with Crippen molar-refractivity contribution in [3.05, 3.63) is 22.5 Å². The Morgan fingerprint density at radius 1 is 1.43 bits per heavy atom. The minimum atomic E-state index is -0.830. The first kappa shape index (κ1) is 15.9. The fraction of sp³-hybridized carbons (Fsp3) is 0.643. The van der Waals surface area contributed by atoms with Crippen LogP contribution in [0.3, 0.4) is 0 Å². The van der Waals surface area contributed by atoms with Crippen molar-refractivity contribution in [2.75, 3.05) is 7.11 Å². The van der Waals surface area contributed by atoms with Crippen molar-refractivity contribution in [2.24, 2.45) is 0 Å². The maximum Gasteiger partial charge on any atom is 0.163 e. The summed E-state index contributed by atoms with van der Waals surface area (Å²) in [5.74, 6) is 0.587. The molecule has 6 nitrogen and oxygen atoms in total. The number of hydrogen-bond acceptors (Lipinski definition) is 6. The summed E-state index contributed by atoms with van der Waals surface area (Å²) in [4.78, 5) is 0.749. The van der Waals surface area contributed by atoms with Crippen LogP contribution in [-0.4, -0.2) is 31.6 Å². The largest absolute Gasteiger partial charge is 0.493 e. The summed E-state index contributed by atoms with van der Waals surface area (Å²) in [5, 5.41) is 19.3. The summed E-state index contributed by atoms with van der Waals surface area (Å²) < 4.78 is 11.1. The van der Waals surface area contributed by atoms with Gasteiger partial charge in [-0.2, -0.15) is 5.10 Å². The van der Waals surface area contributed by atoms with Gasteiger partial charge >= 0.3 is 0 Å². The third kappa shape index (κ3) is 3.08. The van der Waals surface area contributed by atoms with Crippen LogP contribution in [0.1, 0.15) is 56.5 Å². The predicted octanol–water partition coefficient (Wildman–Crippen LogP) is 2.53. The van der Waals surface area contributed by atoms with Crippen LogP contribution >= 0.6 is 11.5 Å². The molecular weight excluding hydrogens is 288 g/mol. The van der Waals surface area contributed by atoms with Crippen LogP contribution in [-0.2, 0) is 12.0 Å². The minimum absolute atomic E-state index is 0.174. The molecule has 116 valence electrons. The van der Waals surface area contributed by atoms with Crippen molar-refractivity contribution in [3.8, 4) is 5.75 Å². The molecular formula is C14H22N4O2S. The Labute approximate surface area is 128 Å². The number of ether oxygens (including phenoxy) is 1. The lowest BCUT2D eigenvalue weighted by molar-refractivity contribution is 0.202. The molecule has 0 aromatic carbocycles. The molecule has 0 aliphatic rings. The van der Waals surface area contributed by atoms with Crippen LogP contribution in [0.15, 0.2) is 6.20 Å². The van der Waals surface area contributed by atoms with Gasteiger partial charge in [-0.05, 0) is 18.0 Å². The quantitative estimate of drug-likeness (QED) is 0.918. The molecule has 2 aromatic heterocycles. The Morgan fingerprint density at radius 3 is 2.71 bits per heavy atom. The zero-order valence-corrected chi connectivity index (χ0v) is 13.9. The summed E-state index contributed by atoms with van der Waals surface area (Å²) in [5.41, 5.74) is 1.30. The summed E-state index contributed by atoms with van der Waals surface area (Å²) >= 11 is 1.22. The Morgan fingerprint density at radius 2 is 2.14 bits per heavy atom. The summed E-state index contributed by atoms with van der Waals surface area (Å²) in [7, 11) is 1.58. The fourth-order valence-corrected chi connectivity index (χ4v) is 3.08. The molecule has 0 bridgehead atoms. The van der Waals surface area contributed by atoms with Gasteiger partial charge in [-0.1, -0.05) is 32.2 Å². The minimum Gasteiger partial charge on any atom is -0.493 e. The number of aromatic nitrogens is 4. The van der Waals surface area contributed by atoms with E-state index in [2.05, 4.69) is 42.4 Å². The topological polar surface area (TPSA) is 73.1 Å². The van der Waals surface area contributed by atoms with Gasteiger partial charge < -0.3 is 9.84 Å². The monoisotopic (exact) mass is 310 g/mol. The normalized spacial score (nSPS) is 13.4. The van der Waals surface area contributed by atoms with E-state index in [0.29, 0.717) is 11.4 Å². The third-order valence-corrected chi connectivity index (χ3v) is 4.01. The molecule has 2 heterocycles. The second-order valence-electron chi connectivity index (χ2n) is 5.96. The molecule has 7 heteroatoms. The summed E-state index contributed by atoms with van der Waals surface area (Å²) in [6, 6.07) is 0. The predicted molar refractivity (Wildman–Crippen MR) is 81.7 cm³/mol. The first-order valence-corrected chi connectivity index (χ1v) is 7.78. The maximum absolute atomic E-state index is 10.8. The molecule has 2 rings (SSSR count). The van der Waals surface area contributed by atoms with Crippen molar-refractivity contribution in [3.63, 3.8) is 0 Å². The molecule has 0 fully saturated rings. The van der Waals surface area contributed by atoms with Gasteiger partial charge in [0, 0.05) is 12.0 Å². The van der Waals surface area contributed by atoms with Crippen LogP contribution in [0, 0.1) is 0 Å². The van der Waals surface area contributed by atoms with Gasteiger partial charge in [0.05, 0.1) is 23.9 Å². The standard InChI is InChI=1S/C14H22N4O2S/c1-6-7-18-10(9(20-5)8-15-18)11(19)12-13(14(2,3)4)16-17-21-12/h8,11,19H,6-7H2,1-5H3. The van der Waals surface area contributed by atoms with E-state index < -0.39 is 6.10 Å². The Balaban J connectivity index is 2.47. The Bertz CT molecular complexity index is 600. The average Bonchev–Trinajstić information content (AvgIpc) is 3.04. The first-order valence-electron chi connectivity index (χ1n) is 7.00. The average molecular weight is 310 g/mol. The highest BCUT2D eigenvalue weighted by atomic mass is 32.1. The second kappa shape index (κ2) is 6.11. The molecule has 1 atom stereocenters. The molecule has 21 heavy (non-hydrogen) atoms. The zero-order chi connectivity index (χ0) is 15.6. The van der Waals surface area contributed by atoms with Crippen molar-refractivity contribution in [1.82, 2.24) is 19.4 Å². The smallest absolute Gasteiger partial charge is 0.163 e. The highest BCUT2D eigenvalue weighted by molar-refractivity contribution is 7.05. The lowest BCUT2D eigenvalue weighted by Gasteiger charge is -2.20. The summed E-state index contributed by atoms with van der Waals surface area (Å²) in [6.07, 6.45) is 1.74. The molecule has 0 spiro atoms. The van der Waals surface area contributed by atoms with E-state index in [4.69, 9.17) is 4.74 Å². The van der Waals surface area contributed by atoms with Gasteiger partial charge in [0.25, 0.3) is 0 Å². The highest BCUT2D eigenvalue weighted by Gasteiger charge is 2.30. The van der Waals surface area contributed by atoms with E-state index in [1.807, 2.05) is 0 Å². The van der Waals surface area contributed by atoms with Gasteiger partial charge in [0.15, 0.2) is 5.75 Å². The molecule has 1 N–H and O–H groups in total. The van der Waals surface area contributed by atoms with Crippen molar-refractivity contribution in [1.29, 1.82) is 0 Å². The molecule has 0 saturated heterocycles. The molecule has 1 unspecified atom stereocenters. The Kier molecular flexibility index (Phi) is 4.63. The first-order chi connectivity index (χ1) is 9.90. The maximum atomic E-state index is 10.8. The van der Waals surface area contributed by atoms with Crippen LogP contribution in [0.4, 0.5) is 0 Å². The van der Waals surface area contributed by atoms with E-state index in [1.54, 1.807) is 18.0 Å². The second-order valence-corrected chi connectivity index (χ2v) is 6.75. The molecule has 2 aromatic rings. The molecule has 0 radical (unpaired) electrons. The van der Waals surface area contributed by atoms with E-state index in [1.165, 1.54) is 11.5 Å². The van der Waals surface area contributed by atoms with Gasteiger partial charge in [0.1, 0.15) is 11.8 Å². The highest BCUT2D eigenvalue weighted by Crippen LogP contribution is 2.36. The van der Waals surface area contributed by atoms with Gasteiger partial charge in [-0.15, -0.1) is 5.10 Å². The van der Waals surface area contributed by atoms with Crippen LogP contribution in [0.5, 0.6) is 5.75 Å². The molecule has 0 amide bonds. The van der Waals surface area contributed by atoms with E-state index in [9.17, 15) is 5.11 Å². The molecule has 0 aliphatic heterocycles. The fourth-order valence-electron chi connectivity index (χ4n) is 2.22. The zero-order valence-electron chi connectivity index (χ0n) is 13.1. The van der Waals surface area contributed by atoms with Crippen molar-refractivity contribution < 1.29 is 9.84 Å². The van der Waals surface area contributed by atoms with Gasteiger partial charge in [-0.25, -0.2) is 0 Å². The summed E-state index contributed by atoms with van der Waals surface area (Å²) in [6.45, 7) is 8.97. The number of methoxy groups -OCH3 is 1. The van der Waals surface area contributed by atoms with E-state index >= 15 is 0 Å². The van der Waals surface area contributed by atoms with Crippen LogP contribution in [0.25, 0.3) is 0 Å². The van der Waals surface area contributed by atoms with Gasteiger partial charge in [-0.3, -0.25) is 4.68 Å². The van der Waals surface area contributed by atoms with Crippen LogP contribution in [0.2, 0.25) is 0 Å². The van der Waals surface area contributed by atoms with Crippen molar-refractivity contribution in [2.45, 2.75) is 52.2 Å². The third-order valence-electron chi connectivity index (χ3n) is 3.23. The molecule has 0 saturated carbocycles. The lowest BCUT2D eigenvalue weighted by atomic mass is 9.90. The van der Waals surface area contributed by atoms with Gasteiger partial charge in [0.2, 0.25) is 0 Å². The number of nitrogens with zero attached hydrogens (tertiary/aromatic N) is 4. The number of aliphatic hydroxyl groups excluding tert-OH is 1. The number of aliphatic hydroxyl groups is 1. The number of hydrogen-bond donors (Lipinski definition) is 1. The Hall–Kier alpha value is -1.47. The van der Waals surface area contributed by atoms with E-state index in [0.717, 1.165) is 23.5 Å². The number of aryl methyl sites for hydroxylation is 1. The SMILES string of the molecule is CCCn1ncc(OC)c1C(O)c1snnc1C(C)(C)C. The number of rotatable bonds is 5. The lowest BCUT2D eigenvalue weighted by Crippen LogP contribution is -2.18. The molecule has 0 aliphatic carbocycles. The van der Waals surface area contributed by atoms with Crippen LogP contribution < -0.4 is 4.74 Å².